The van der Waals surface area contributed by atoms with Crippen LogP contribution in [-0.2, 0) is 28.7 Å². The van der Waals surface area contributed by atoms with E-state index in [1.54, 1.807) is 25.7 Å². The lowest BCUT2D eigenvalue weighted by Crippen LogP contribution is -2.55. The fraction of sp³-hybridized carbons (Fsp3) is 0.786. The number of nitrogens with one attached hydrogen (secondary N) is 1. The Morgan fingerprint density at radius 3 is 2.24 bits per heavy atom. The van der Waals surface area contributed by atoms with Crippen LogP contribution in [0.2, 0.25) is 0 Å². The van der Waals surface area contributed by atoms with Crippen LogP contribution in [0.5, 0.6) is 0 Å². The van der Waals surface area contributed by atoms with E-state index in [0.717, 1.165) is 19.3 Å². The Kier molecular flexibility index (Phi) is 10.2. The Labute approximate surface area is 245 Å². The van der Waals surface area contributed by atoms with Gasteiger partial charge in [0.1, 0.15) is 11.6 Å². The van der Waals surface area contributed by atoms with Crippen molar-refractivity contribution in [3.8, 4) is 0 Å². The molecule has 3 heterocycles. The molecular formula is C28H47BN4O7S. The molecule has 230 valence electrons. The first-order valence-electron chi connectivity index (χ1n) is 14.5. The van der Waals surface area contributed by atoms with Crippen LogP contribution in [0.3, 0.4) is 0 Å². The molecule has 0 aliphatic carbocycles. The summed E-state index contributed by atoms with van der Waals surface area (Å²) in [6.07, 6.45) is 5.72. The first-order chi connectivity index (χ1) is 18.8. The minimum Gasteiger partial charge on any atom is -0.444 e. The number of piperidine rings is 1. The Balaban J connectivity index is 1.61. The van der Waals surface area contributed by atoms with Gasteiger partial charge < -0.3 is 24.3 Å². The summed E-state index contributed by atoms with van der Waals surface area (Å²) in [5.41, 5.74) is -1.18. The molecule has 11 nitrogen and oxygen atoms in total. The Morgan fingerprint density at radius 2 is 1.71 bits per heavy atom. The van der Waals surface area contributed by atoms with E-state index in [-0.39, 0.29) is 28.8 Å². The van der Waals surface area contributed by atoms with Gasteiger partial charge in [-0.1, -0.05) is 13.8 Å². The maximum atomic E-state index is 13.6. The second kappa shape index (κ2) is 12.5. The molecular weight excluding hydrogens is 547 g/mol. The second-order valence-electron chi connectivity index (χ2n) is 13.4. The van der Waals surface area contributed by atoms with Gasteiger partial charge in [-0.05, 0) is 86.5 Å². The van der Waals surface area contributed by atoms with E-state index >= 15 is 0 Å². The van der Waals surface area contributed by atoms with Crippen molar-refractivity contribution in [1.29, 1.82) is 0 Å². The SMILES string of the molecule is CC(C)C(NC(=O)OC(C)(C)C)C(=O)N1CCCCC1CCCS(=O)(=O)c1ncc(B2OC(C)(C)C(C)(C)O2)cn1. The van der Waals surface area contributed by atoms with Crippen molar-refractivity contribution in [2.24, 2.45) is 5.92 Å². The maximum absolute atomic E-state index is 13.6. The van der Waals surface area contributed by atoms with Crippen molar-refractivity contribution in [3.63, 3.8) is 0 Å². The van der Waals surface area contributed by atoms with E-state index in [4.69, 9.17) is 14.0 Å². The largest absolute Gasteiger partial charge is 0.498 e. The number of aromatic nitrogens is 2. The molecule has 0 saturated carbocycles. The molecule has 41 heavy (non-hydrogen) atoms. The summed E-state index contributed by atoms with van der Waals surface area (Å²) in [7, 11) is -4.40. The Hall–Kier alpha value is -2.25. The Morgan fingerprint density at radius 1 is 1.12 bits per heavy atom. The number of carbonyl (C=O) groups is 2. The van der Waals surface area contributed by atoms with Crippen LogP contribution in [0.25, 0.3) is 0 Å². The minimum absolute atomic E-state index is 0.111. The summed E-state index contributed by atoms with van der Waals surface area (Å²) < 4.78 is 43.4. The molecule has 3 rings (SSSR count). The lowest BCUT2D eigenvalue weighted by molar-refractivity contribution is -0.138. The number of hydrogen-bond donors (Lipinski definition) is 1. The van der Waals surface area contributed by atoms with Crippen molar-refractivity contribution < 1.29 is 32.1 Å². The van der Waals surface area contributed by atoms with Gasteiger partial charge in [-0.25, -0.2) is 23.2 Å². The van der Waals surface area contributed by atoms with Gasteiger partial charge in [0.15, 0.2) is 0 Å². The molecule has 0 bridgehead atoms. The Bertz CT molecular complexity index is 1170. The van der Waals surface area contributed by atoms with Gasteiger partial charge in [-0.15, -0.1) is 0 Å². The predicted molar refractivity (Wildman–Crippen MR) is 156 cm³/mol. The third kappa shape index (κ3) is 8.41. The zero-order chi connectivity index (χ0) is 30.8. The lowest BCUT2D eigenvalue weighted by Gasteiger charge is -2.39. The van der Waals surface area contributed by atoms with Gasteiger partial charge in [0.05, 0.1) is 17.0 Å². The topological polar surface area (TPSA) is 137 Å². The van der Waals surface area contributed by atoms with Crippen molar-refractivity contribution >= 4 is 34.4 Å². The molecule has 2 fully saturated rings. The molecule has 0 radical (unpaired) electrons. The summed E-state index contributed by atoms with van der Waals surface area (Å²) >= 11 is 0. The van der Waals surface area contributed by atoms with Crippen LogP contribution in [0.1, 0.15) is 94.4 Å². The molecule has 1 aromatic heterocycles. The zero-order valence-corrected chi connectivity index (χ0v) is 26.8. The van der Waals surface area contributed by atoms with Gasteiger partial charge in [0, 0.05) is 30.4 Å². The minimum atomic E-state index is -3.73. The highest BCUT2D eigenvalue weighted by molar-refractivity contribution is 7.91. The number of alkyl carbamates (subject to hydrolysis) is 1. The molecule has 0 aromatic carbocycles. The van der Waals surface area contributed by atoms with Crippen LogP contribution in [0.4, 0.5) is 4.79 Å². The second-order valence-corrected chi connectivity index (χ2v) is 15.4. The maximum Gasteiger partial charge on any atom is 0.498 e. The summed E-state index contributed by atoms with van der Waals surface area (Å²) in [6, 6.07) is -0.843. The molecule has 1 aromatic rings. The number of sulfone groups is 1. The molecule has 13 heteroatoms. The fourth-order valence-corrected chi connectivity index (χ4v) is 6.06. The summed E-state index contributed by atoms with van der Waals surface area (Å²) in [4.78, 5) is 36.0. The quantitative estimate of drug-likeness (QED) is 0.337. The van der Waals surface area contributed by atoms with E-state index in [0.29, 0.717) is 24.8 Å². The lowest BCUT2D eigenvalue weighted by atomic mass is 9.81. The fourth-order valence-electron chi connectivity index (χ4n) is 4.91. The van der Waals surface area contributed by atoms with Gasteiger partial charge in [-0.3, -0.25) is 4.79 Å². The number of amides is 2. The number of carbonyl (C=O) groups excluding carboxylic acids is 2. The third-order valence-corrected chi connectivity index (χ3v) is 9.51. The number of rotatable bonds is 9. The monoisotopic (exact) mass is 594 g/mol. The van der Waals surface area contributed by atoms with E-state index in [2.05, 4.69) is 15.3 Å². The summed E-state index contributed by atoms with van der Waals surface area (Å²) in [5, 5.41) is 2.50. The predicted octanol–water partition coefficient (Wildman–Crippen LogP) is 3.26. The molecule has 2 aliphatic heterocycles. The van der Waals surface area contributed by atoms with Crippen molar-refractivity contribution in [1.82, 2.24) is 20.2 Å². The number of likely N-dealkylation sites (tertiary alicyclic amines) is 1. The highest BCUT2D eigenvalue weighted by Gasteiger charge is 2.52. The number of nitrogens with zero attached hydrogens (tertiary/aromatic N) is 3. The van der Waals surface area contributed by atoms with Crippen molar-refractivity contribution in [3.05, 3.63) is 12.4 Å². The van der Waals surface area contributed by atoms with Crippen molar-refractivity contribution in [2.45, 2.75) is 128 Å². The van der Waals surface area contributed by atoms with Crippen LogP contribution in [0, 0.1) is 5.92 Å². The van der Waals surface area contributed by atoms with Gasteiger partial charge >= 0.3 is 13.2 Å². The zero-order valence-electron chi connectivity index (χ0n) is 26.0. The highest BCUT2D eigenvalue weighted by Crippen LogP contribution is 2.36. The van der Waals surface area contributed by atoms with Crippen LogP contribution in [-0.4, -0.2) is 83.6 Å². The third-order valence-electron chi connectivity index (χ3n) is 7.92. The van der Waals surface area contributed by atoms with Crippen molar-refractivity contribution in [2.75, 3.05) is 12.3 Å². The molecule has 2 aliphatic rings. The standard InChI is InChI=1S/C28H47BN4O7S/c1-19(2)22(32-25(35)38-26(3,4)5)23(34)33-15-11-10-13-21(33)14-12-16-41(36,37)24-30-17-20(18-31-24)29-39-27(6,7)28(8,9)40-29/h17-19,21-22H,10-16H2,1-9H3,(H,32,35). The first kappa shape index (κ1) is 33.3. The average molecular weight is 595 g/mol. The molecule has 2 atom stereocenters. The molecule has 2 saturated heterocycles. The summed E-state index contributed by atoms with van der Waals surface area (Å²) in [6.45, 7) is 17.4. The van der Waals surface area contributed by atoms with Gasteiger partial charge in [0.25, 0.3) is 0 Å². The van der Waals surface area contributed by atoms with E-state index in [9.17, 15) is 18.0 Å². The molecule has 0 spiro atoms. The van der Waals surface area contributed by atoms with E-state index in [1.807, 2.05) is 41.5 Å². The molecule has 1 N–H and O–H groups in total. The van der Waals surface area contributed by atoms with Gasteiger partial charge in [0.2, 0.25) is 20.9 Å². The van der Waals surface area contributed by atoms with E-state index in [1.165, 1.54) is 12.4 Å². The smallest absolute Gasteiger partial charge is 0.444 e. The first-order valence-corrected chi connectivity index (χ1v) is 16.2. The highest BCUT2D eigenvalue weighted by atomic mass is 32.2. The summed E-state index contributed by atoms with van der Waals surface area (Å²) in [5.74, 6) is -0.444. The number of ether oxygens (including phenoxy) is 1. The van der Waals surface area contributed by atoms with Gasteiger partial charge in [-0.2, -0.15) is 0 Å². The normalized spacial score (nSPS) is 21.6. The van der Waals surface area contributed by atoms with E-state index < -0.39 is 45.9 Å². The number of hydrogen-bond acceptors (Lipinski definition) is 9. The van der Waals surface area contributed by atoms with Crippen LogP contribution in [0.15, 0.2) is 17.6 Å². The molecule has 2 amide bonds. The average Bonchev–Trinajstić information content (AvgIpc) is 3.07. The molecule has 2 unspecified atom stereocenters. The van der Waals surface area contributed by atoms with Crippen LogP contribution >= 0.6 is 0 Å². The van der Waals surface area contributed by atoms with Crippen LogP contribution < -0.4 is 10.8 Å².